The van der Waals surface area contributed by atoms with Gasteiger partial charge in [0.1, 0.15) is 0 Å². The van der Waals surface area contributed by atoms with E-state index in [0.717, 1.165) is 12.8 Å². The van der Waals surface area contributed by atoms with E-state index in [2.05, 4.69) is 19.1 Å². The molecular weight excluding hydrogens is 339 g/mol. The normalized spacial score (nSPS) is 10.1. The zero-order valence-electron chi connectivity index (χ0n) is 18.5. The molecule has 0 rings (SSSR count). The summed E-state index contributed by atoms with van der Waals surface area (Å²) in [4.78, 5) is 19.7. The van der Waals surface area contributed by atoms with Crippen molar-refractivity contribution in [1.82, 2.24) is 0 Å². The zero-order valence-corrected chi connectivity index (χ0v) is 19.5. The van der Waals surface area contributed by atoms with E-state index >= 15 is 0 Å². The second kappa shape index (κ2) is 26.9. The predicted molar refractivity (Wildman–Crippen MR) is 106 cm³/mol. The van der Waals surface area contributed by atoms with E-state index in [9.17, 15) is 9.59 Å². The molecule has 0 aromatic rings. The SMILES string of the molecule is CCC(=O)O.CCCCCCCC/C=C\CCCCCCCC(=O)O.[H-].[Na+]. The third kappa shape index (κ3) is 34.9. The summed E-state index contributed by atoms with van der Waals surface area (Å²) in [6.45, 7) is 3.86. The predicted octanol–water partition coefficient (Wildman–Crippen LogP) is 3.71. The number of allylic oxidation sites excluding steroid dienone is 2. The number of carboxylic acid groups (broad SMARTS) is 2. The van der Waals surface area contributed by atoms with Gasteiger partial charge in [-0.3, -0.25) is 9.59 Å². The van der Waals surface area contributed by atoms with Crippen molar-refractivity contribution in [1.29, 1.82) is 0 Å². The minimum absolute atomic E-state index is 0. The number of rotatable bonds is 16. The van der Waals surface area contributed by atoms with Crippen molar-refractivity contribution in [2.24, 2.45) is 0 Å². The molecule has 26 heavy (non-hydrogen) atoms. The van der Waals surface area contributed by atoms with Crippen LogP contribution in [-0.2, 0) is 9.59 Å². The first-order valence-electron chi connectivity index (χ1n) is 10.1. The van der Waals surface area contributed by atoms with Gasteiger partial charge >= 0.3 is 41.5 Å². The van der Waals surface area contributed by atoms with Crippen molar-refractivity contribution in [3.8, 4) is 0 Å². The molecule has 0 heterocycles. The van der Waals surface area contributed by atoms with Gasteiger partial charge in [-0.05, 0) is 32.1 Å². The van der Waals surface area contributed by atoms with Crippen LogP contribution in [-0.4, -0.2) is 22.2 Å². The van der Waals surface area contributed by atoms with Crippen LogP contribution in [0.25, 0.3) is 0 Å². The molecule has 0 radical (unpaired) electrons. The Morgan fingerprint density at radius 1 is 0.692 bits per heavy atom. The molecule has 0 aromatic heterocycles. The Labute approximate surface area is 184 Å². The van der Waals surface area contributed by atoms with Gasteiger partial charge in [-0.2, -0.15) is 0 Å². The minimum atomic E-state index is -0.745. The van der Waals surface area contributed by atoms with Crippen LogP contribution in [0.1, 0.15) is 112 Å². The molecule has 0 aliphatic heterocycles. The van der Waals surface area contributed by atoms with Crippen LogP contribution in [0.5, 0.6) is 0 Å². The molecule has 0 amide bonds. The minimum Gasteiger partial charge on any atom is -1.00 e. The van der Waals surface area contributed by atoms with Crippen molar-refractivity contribution >= 4 is 11.9 Å². The first kappa shape index (κ1) is 30.4. The van der Waals surface area contributed by atoms with Gasteiger partial charge < -0.3 is 11.6 Å². The summed E-state index contributed by atoms with van der Waals surface area (Å²) in [6, 6.07) is 0. The van der Waals surface area contributed by atoms with Gasteiger partial charge in [-0.15, -0.1) is 0 Å². The number of aliphatic carboxylic acids is 2. The Balaban J connectivity index is -0.000000333. The molecule has 0 fully saturated rings. The van der Waals surface area contributed by atoms with Crippen LogP contribution in [0.3, 0.4) is 0 Å². The number of hydrogen-bond donors (Lipinski definition) is 2. The van der Waals surface area contributed by atoms with E-state index in [1.165, 1.54) is 70.6 Å². The maximum Gasteiger partial charge on any atom is 1.00 e. The molecule has 0 aliphatic carbocycles. The topological polar surface area (TPSA) is 74.6 Å². The monoisotopic (exact) mass is 380 g/mol. The molecule has 0 atom stereocenters. The fourth-order valence-corrected chi connectivity index (χ4v) is 2.35. The fourth-order valence-electron chi connectivity index (χ4n) is 2.35. The van der Waals surface area contributed by atoms with Crippen molar-refractivity contribution in [2.45, 2.75) is 110 Å². The molecule has 0 saturated heterocycles. The Morgan fingerprint density at radius 2 is 1.08 bits per heavy atom. The molecule has 0 aromatic carbocycles. The standard InChI is InChI=1S/C18H34O2.C3H6O2.Na.H/c1-2-3-4-5-6-7-8-9-10-11-12-13-14-15-16-17-18(19)20;1-2-3(4)5;;/h9-10H,2-8,11-17H2,1H3,(H,19,20);2H2,1H3,(H,4,5);;/q;;+1;-1/b10-9-;;;. The molecule has 4 nitrogen and oxygen atoms in total. The molecule has 0 spiro atoms. The maximum atomic E-state index is 10.3. The Morgan fingerprint density at radius 3 is 1.46 bits per heavy atom. The molecular formula is C21H41NaO4. The first-order valence-corrected chi connectivity index (χ1v) is 10.1. The number of hydrogen-bond acceptors (Lipinski definition) is 2. The van der Waals surface area contributed by atoms with Crippen molar-refractivity contribution in [3.05, 3.63) is 12.2 Å². The van der Waals surface area contributed by atoms with E-state index < -0.39 is 11.9 Å². The average molecular weight is 381 g/mol. The number of carboxylic acids is 2. The van der Waals surface area contributed by atoms with Crippen LogP contribution in [0.4, 0.5) is 0 Å². The van der Waals surface area contributed by atoms with Gasteiger partial charge in [-0.25, -0.2) is 0 Å². The molecule has 0 aliphatic rings. The molecule has 2 N–H and O–H groups in total. The van der Waals surface area contributed by atoms with Crippen molar-refractivity contribution < 1.29 is 50.8 Å². The number of unbranched alkanes of at least 4 members (excludes halogenated alkanes) is 11. The van der Waals surface area contributed by atoms with Crippen LogP contribution < -0.4 is 29.6 Å². The summed E-state index contributed by atoms with van der Waals surface area (Å²) in [5.74, 6) is -1.41. The molecule has 0 saturated carbocycles. The van der Waals surface area contributed by atoms with E-state index in [-0.39, 0.29) is 37.4 Å². The van der Waals surface area contributed by atoms with Crippen LogP contribution in [0, 0.1) is 0 Å². The molecule has 0 bridgehead atoms. The van der Waals surface area contributed by atoms with E-state index in [1.54, 1.807) is 6.92 Å². The summed E-state index contributed by atoms with van der Waals surface area (Å²) >= 11 is 0. The van der Waals surface area contributed by atoms with E-state index in [1.807, 2.05) is 0 Å². The Bertz CT molecular complexity index is 336. The second-order valence-corrected chi connectivity index (χ2v) is 6.48. The summed E-state index contributed by atoms with van der Waals surface area (Å²) in [5.41, 5.74) is 0. The van der Waals surface area contributed by atoms with Crippen LogP contribution in [0.15, 0.2) is 12.2 Å². The first-order chi connectivity index (χ1) is 12.0. The van der Waals surface area contributed by atoms with Gasteiger partial charge in [0, 0.05) is 12.8 Å². The third-order valence-electron chi connectivity index (χ3n) is 3.95. The van der Waals surface area contributed by atoms with Crippen molar-refractivity contribution in [2.75, 3.05) is 0 Å². The van der Waals surface area contributed by atoms with Gasteiger partial charge in [0.25, 0.3) is 0 Å². The smallest absolute Gasteiger partial charge is 1.00 e. The molecule has 0 unspecified atom stereocenters. The molecule has 5 heteroatoms. The summed E-state index contributed by atoms with van der Waals surface area (Å²) in [7, 11) is 0. The van der Waals surface area contributed by atoms with Crippen molar-refractivity contribution in [3.63, 3.8) is 0 Å². The third-order valence-corrected chi connectivity index (χ3v) is 3.95. The maximum absolute atomic E-state index is 10.3. The summed E-state index contributed by atoms with van der Waals surface area (Å²) in [5, 5.41) is 16.2. The Hall–Kier alpha value is -0.320. The number of carbonyl (C=O) groups is 2. The summed E-state index contributed by atoms with van der Waals surface area (Å²) < 4.78 is 0. The quantitative estimate of drug-likeness (QED) is 0.243. The second-order valence-electron chi connectivity index (χ2n) is 6.48. The van der Waals surface area contributed by atoms with Gasteiger partial charge in [-0.1, -0.05) is 77.4 Å². The van der Waals surface area contributed by atoms with Crippen LogP contribution >= 0.6 is 0 Å². The van der Waals surface area contributed by atoms with E-state index in [4.69, 9.17) is 10.2 Å². The van der Waals surface area contributed by atoms with Gasteiger partial charge in [0.05, 0.1) is 0 Å². The van der Waals surface area contributed by atoms with Gasteiger partial charge in [0.15, 0.2) is 0 Å². The zero-order chi connectivity index (χ0) is 19.2. The average Bonchev–Trinajstić information content (AvgIpc) is 2.58. The van der Waals surface area contributed by atoms with E-state index in [0.29, 0.717) is 6.42 Å². The largest absolute Gasteiger partial charge is 1.00 e. The van der Waals surface area contributed by atoms with Crippen LogP contribution in [0.2, 0.25) is 0 Å². The fraction of sp³-hybridized carbons (Fsp3) is 0.810. The summed E-state index contributed by atoms with van der Waals surface area (Å²) in [6.07, 6.45) is 21.5. The Kier molecular flexibility index (Phi) is 31.5. The van der Waals surface area contributed by atoms with Gasteiger partial charge in [0.2, 0.25) is 0 Å². The molecule has 150 valence electrons.